The highest BCUT2D eigenvalue weighted by atomic mass is 32.2. The van der Waals surface area contributed by atoms with Crippen molar-refractivity contribution in [2.45, 2.75) is 69.8 Å². The van der Waals surface area contributed by atoms with Gasteiger partial charge in [0.05, 0.1) is 0 Å². The van der Waals surface area contributed by atoms with Gasteiger partial charge in [-0.25, -0.2) is 4.79 Å². The maximum atomic E-state index is 12.2. The van der Waals surface area contributed by atoms with Gasteiger partial charge in [0.2, 0.25) is 0 Å². The van der Waals surface area contributed by atoms with Crippen molar-refractivity contribution in [2.24, 2.45) is 0 Å². The second-order valence-corrected chi connectivity index (χ2v) is 8.52. The summed E-state index contributed by atoms with van der Waals surface area (Å²) in [7, 11) is 0. The Bertz CT molecular complexity index is 338. The Morgan fingerprint density at radius 2 is 2.05 bits per heavy atom. The van der Waals surface area contributed by atoms with Gasteiger partial charge in [0.1, 0.15) is 5.60 Å². The Balaban J connectivity index is 1.72. The number of nitrogens with zero attached hydrogens (tertiary/aromatic N) is 1. The molecule has 2 aliphatic rings. The molecule has 5 heteroatoms. The van der Waals surface area contributed by atoms with Gasteiger partial charge < -0.3 is 15.0 Å². The molecule has 0 saturated carbocycles. The van der Waals surface area contributed by atoms with Gasteiger partial charge >= 0.3 is 6.09 Å². The number of amides is 1. The zero-order valence-electron chi connectivity index (χ0n) is 13.7. The summed E-state index contributed by atoms with van der Waals surface area (Å²) < 4.78 is 5.50. The molecule has 2 aliphatic heterocycles. The second-order valence-electron chi connectivity index (χ2n) is 7.12. The monoisotopic (exact) mass is 314 g/mol. The zero-order valence-corrected chi connectivity index (χ0v) is 14.5. The van der Waals surface area contributed by atoms with Gasteiger partial charge in [-0.2, -0.15) is 11.8 Å². The maximum Gasteiger partial charge on any atom is 0.410 e. The van der Waals surface area contributed by atoms with Crippen LogP contribution in [0.5, 0.6) is 0 Å². The molecule has 1 amide bonds. The van der Waals surface area contributed by atoms with E-state index in [4.69, 9.17) is 4.74 Å². The molecular weight excluding hydrogens is 284 g/mol. The van der Waals surface area contributed by atoms with Crippen LogP contribution in [0.25, 0.3) is 0 Å². The summed E-state index contributed by atoms with van der Waals surface area (Å²) in [6, 6.07) is 0.299. The molecule has 0 aromatic rings. The Kier molecular flexibility index (Phi) is 6.23. The van der Waals surface area contributed by atoms with E-state index in [1.165, 1.54) is 25.0 Å². The van der Waals surface area contributed by atoms with E-state index in [2.05, 4.69) is 17.1 Å². The van der Waals surface area contributed by atoms with E-state index in [0.717, 1.165) is 37.7 Å². The van der Waals surface area contributed by atoms with E-state index >= 15 is 0 Å². The standard InChI is InChI=1S/C16H30N2O2S/c1-16(2,3)20-15(19)18-9-6-7-13(18)11-17-12-14-8-4-5-10-21-14/h13-14,17H,4-12H2,1-3H3. The van der Waals surface area contributed by atoms with Crippen LogP contribution in [0.3, 0.4) is 0 Å². The molecule has 0 radical (unpaired) electrons. The summed E-state index contributed by atoms with van der Waals surface area (Å²) in [5.41, 5.74) is -0.406. The van der Waals surface area contributed by atoms with Crippen molar-refractivity contribution in [3.63, 3.8) is 0 Å². The summed E-state index contributed by atoms with van der Waals surface area (Å²) in [6.45, 7) is 8.58. The van der Waals surface area contributed by atoms with Crippen molar-refractivity contribution in [1.82, 2.24) is 10.2 Å². The Morgan fingerprint density at radius 1 is 1.24 bits per heavy atom. The van der Waals surface area contributed by atoms with Gasteiger partial charge in [0.25, 0.3) is 0 Å². The lowest BCUT2D eigenvalue weighted by Crippen LogP contribution is -2.45. The predicted octanol–water partition coefficient (Wildman–Crippen LogP) is 3.26. The molecule has 0 bridgehead atoms. The summed E-state index contributed by atoms with van der Waals surface area (Å²) in [4.78, 5) is 14.1. The molecule has 2 fully saturated rings. The first-order chi connectivity index (χ1) is 9.96. The topological polar surface area (TPSA) is 41.6 Å². The lowest BCUT2D eigenvalue weighted by atomic mass is 10.2. The fraction of sp³-hybridized carbons (Fsp3) is 0.938. The molecule has 0 aromatic carbocycles. The predicted molar refractivity (Wildman–Crippen MR) is 88.9 cm³/mol. The Morgan fingerprint density at radius 3 is 2.71 bits per heavy atom. The molecule has 4 nitrogen and oxygen atoms in total. The van der Waals surface area contributed by atoms with Crippen molar-refractivity contribution in [3.05, 3.63) is 0 Å². The van der Waals surface area contributed by atoms with Crippen molar-refractivity contribution in [2.75, 3.05) is 25.4 Å². The number of carbonyl (C=O) groups excluding carboxylic acids is 1. The van der Waals surface area contributed by atoms with E-state index in [0.29, 0.717) is 6.04 Å². The van der Waals surface area contributed by atoms with E-state index in [9.17, 15) is 4.79 Å². The Labute approximate surface area is 133 Å². The fourth-order valence-corrected chi connectivity index (χ4v) is 4.26. The minimum Gasteiger partial charge on any atom is -0.444 e. The first kappa shape index (κ1) is 16.9. The van der Waals surface area contributed by atoms with Crippen LogP contribution in [-0.2, 0) is 4.74 Å². The minimum atomic E-state index is -0.406. The molecule has 21 heavy (non-hydrogen) atoms. The van der Waals surface area contributed by atoms with Crippen molar-refractivity contribution in [1.29, 1.82) is 0 Å². The fourth-order valence-electron chi connectivity index (χ4n) is 2.99. The van der Waals surface area contributed by atoms with Crippen molar-refractivity contribution < 1.29 is 9.53 Å². The molecule has 122 valence electrons. The quantitative estimate of drug-likeness (QED) is 0.865. The molecule has 2 rings (SSSR count). The molecule has 0 spiro atoms. The number of carbonyl (C=O) groups is 1. The lowest BCUT2D eigenvalue weighted by molar-refractivity contribution is 0.0227. The maximum absolute atomic E-state index is 12.2. The van der Waals surface area contributed by atoms with Gasteiger partial charge in [-0.15, -0.1) is 0 Å². The largest absolute Gasteiger partial charge is 0.444 e. The summed E-state index contributed by atoms with van der Waals surface area (Å²) in [5.74, 6) is 1.31. The molecule has 1 N–H and O–H groups in total. The molecule has 2 saturated heterocycles. The summed E-state index contributed by atoms with van der Waals surface area (Å²) in [6.07, 6.45) is 6.09. The highest BCUT2D eigenvalue weighted by Gasteiger charge is 2.31. The summed E-state index contributed by atoms with van der Waals surface area (Å²) >= 11 is 2.09. The third-order valence-electron chi connectivity index (χ3n) is 4.03. The zero-order chi connectivity index (χ0) is 15.3. The highest BCUT2D eigenvalue weighted by Crippen LogP contribution is 2.25. The number of hydrogen-bond donors (Lipinski definition) is 1. The van der Waals surface area contributed by atoms with Crippen molar-refractivity contribution in [3.8, 4) is 0 Å². The van der Waals surface area contributed by atoms with Gasteiger partial charge in [0.15, 0.2) is 0 Å². The second kappa shape index (κ2) is 7.73. The first-order valence-corrected chi connectivity index (χ1v) is 9.32. The van der Waals surface area contributed by atoms with Crippen LogP contribution < -0.4 is 5.32 Å². The molecule has 2 atom stereocenters. The van der Waals surface area contributed by atoms with Crippen LogP contribution in [-0.4, -0.2) is 53.3 Å². The number of rotatable bonds is 4. The molecule has 0 aliphatic carbocycles. The van der Waals surface area contributed by atoms with E-state index in [1.54, 1.807) is 0 Å². The van der Waals surface area contributed by atoms with E-state index in [-0.39, 0.29) is 6.09 Å². The van der Waals surface area contributed by atoms with Gasteiger partial charge in [0, 0.05) is 30.9 Å². The third-order valence-corrected chi connectivity index (χ3v) is 5.43. The number of nitrogens with one attached hydrogen (secondary N) is 1. The molecule has 2 unspecified atom stereocenters. The number of thioether (sulfide) groups is 1. The normalized spacial score (nSPS) is 26.9. The smallest absolute Gasteiger partial charge is 0.410 e. The lowest BCUT2D eigenvalue weighted by Gasteiger charge is -2.29. The molecule has 2 heterocycles. The number of likely N-dealkylation sites (tertiary alicyclic amines) is 1. The van der Waals surface area contributed by atoms with Gasteiger partial charge in [-0.1, -0.05) is 6.42 Å². The van der Waals surface area contributed by atoms with Crippen molar-refractivity contribution >= 4 is 17.9 Å². The third kappa shape index (κ3) is 5.70. The van der Waals surface area contributed by atoms with Gasteiger partial charge in [-0.3, -0.25) is 0 Å². The van der Waals surface area contributed by atoms with Crippen LogP contribution in [0.15, 0.2) is 0 Å². The SMILES string of the molecule is CC(C)(C)OC(=O)N1CCCC1CNCC1CCCCS1. The van der Waals surface area contributed by atoms with Crippen LogP contribution in [0.1, 0.15) is 52.9 Å². The van der Waals surface area contributed by atoms with Crippen LogP contribution in [0.4, 0.5) is 4.79 Å². The number of hydrogen-bond acceptors (Lipinski definition) is 4. The summed E-state index contributed by atoms with van der Waals surface area (Å²) in [5, 5.41) is 4.33. The van der Waals surface area contributed by atoms with E-state index < -0.39 is 5.60 Å². The van der Waals surface area contributed by atoms with Crippen LogP contribution in [0, 0.1) is 0 Å². The number of ether oxygens (including phenoxy) is 1. The average Bonchev–Trinajstić information content (AvgIpc) is 2.86. The highest BCUT2D eigenvalue weighted by molar-refractivity contribution is 7.99. The first-order valence-electron chi connectivity index (χ1n) is 8.27. The van der Waals surface area contributed by atoms with E-state index in [1.807, 2.05) is 25.7 Å². The van der Waals surface area contributed by atoms with Gasteiger partial charge in [-0.05, 0) is 52.2 Å². The molecule has 0 aromatic heterocycles. The van der Waals surface area contributed by atoms with Crippen LogP contribution >= 0.6 is 11.8 Å². The molecular formula is C16H30N2O2S. The average molecular weight is 314 g/mol. The minimum absolute atomic E-state index is 0.154. The Hall–Kier alpha value is -0.420. The van der Waals surface area contributed by atoms with Crippen LogP contribution in [0.2, 0.25) is 0 Å².